The Kier molecular flexibility index (Phi) is 6.99. The fourth-order valence-electron chi connectivity index (χ4n) is 2.70. The quantitative estimate of drug-likeness (QED) is 0.719. The number of carbonyl (C=O) groups excluding carboxylic acids is 2. The van der Waals surface area contributed by atoms with Crippen LogP contribution in [-0.4, -0.2) is 24.6 Å². The second-order valence-electron chi connectivity index (χ2n) is 7.04. The molecular weight excluding hydrogens is 342 g/mol. The number of benzene rings is 2. The van der Waals surface area contributed by atoms with Crippen molar-refractivity contribution in [1.82, 2.24) is 0 Å². The van der Waals surface area contributed by atoms with Crippen molar-refractivity contribution in [2.24, 2.45) is 0 Å². The summed E-state index contributed by atoms with van der Waals surface area (Å²) in [6.45, 7) is 9.83. The lowest BCUT2D eigenvalue weighted by molar-refractivity contribution is -0.118. The molecule has 1 N–H and O–H groups in total. The molecule has 0 aliphatic carbocycles. The van der Waals surface area contributed by atoms with E-state index in [1.165, 1.54) is 5.56 Å². The van der Waals surface area contributed by atoms with Gasteiger partial charge >= 0.3 is 5.97 Å². The third-order valence-electron chi connectivity index (χ3n) is 3.98. The highest BCUT2D eigenvalue weighted by Gasteiger charge is 2.10. The summed E-state index contributed by atoms with van der Waals surface area (Å²) >= 11 is 0. The molecule has 2 aromatic carbocycles. The van der Waals surface area contributed by atoms with Crippen molar-refractivity contribution in [3.63, 3.8) is 0 Å². The summed E-state index contributed by atoms with van der Waals surface area (Å²) in [6.07, 6.45) is -0.174. The zero-order valence-electron chi connectivity index (χ0n) is 16.5. The van der Waals surface area contributed by atoms with Crippen LogP contribution in [0.15, 0.2) is 42.5 Å². The van der Waals surface area contributed by atoms with Gasteiger partial charge in [0.1, 0.15) is 5.75 Å². The summed E-state index contributed by atoms with van der Waals surface area (Å²) in [6, 6.07) is 12.4. The van der Waals surface area contributed by atoms with Crippen LogP contribution in [0.4, 0.5) is 5.69 Å². The first-order valence-electron chi connectivity index (χ1n) is 9.10. The topological polar surface area (TPSA) is 64.6 Å². The molecule has 5 heteroatoms. The smallest absolute Gasteiger partial charge is 0.338 e. The lowest BCUT2D eigenvalue weighted by atomic mass is 9.98. The van der Waals surface area contributed by atoms with Crippen LogP contribution >= 0.6 is 0 Å². The molecule has 5 nitrogen and oxygen atoms in total. The largest absolute Gasteiger partial charge is 0.484 e. The highest BCUT2D eigenvalue weighted by Crippen LogP contribution is 2.23. The summed E-state index contributed by atoms with van der Waals surface area (Å²) in [5.41, 5.74) is 3.45. The highest BCUT2D eigenvalue weighted by atomic mass is 16.5. The molecule has 0 saturated heterocycles. The van der Waals surface area contributed by atoms with Gasteiger partial charge in [0, 0.05) is 5.69 Å². The normalized spacial score (nSPS) is 10.8. The zero-order valence-corrected chi connectivity index (χ0v) is 16.5. The summed E-state index contributed by atoms with van der Waals surface area (Å²) in [4.78, 5) is 23.9. The SMILES string of the molecule is Cc1cc(OCC(=O)Nc2ccc(C(=O)OC(C)C)cc2)ccc1C(C)C. The predicted octanol–water partition coefficient (Wildman–Crippen LogP) is 4.70. The lowest BCUT2D eigenvalue weighted by Crippen LogP contribution is -2.20. The Morgan fingerprint density at radius 2 is 1.67 bits per heavy atom. The van der Waals surface area contributed by atoms with Crippen LogP contribution in [-0.2, 0) is 9.53 Å². The van der Waals surface area contributed by atoms with E-state index in [4.69, 9.17) is 9.47 Å². The molecule has 0 aliphatic heterocycles. The molecule has 0 radical (unpaired) electrons. The maximum atomic E-state index is 12.1. The van der Waals surface area contributed by atoms with E-state index in [-0.39, 0.29) is 24.6 Å². The minimum atomic E-state index is -0.383. The fourth-order valence-corrected chi connectivity index (χ4v) is 2.70. The number of anilines is 1. The molecule has 0 aliphatic rings. The monoisotopic (exact) mass is 369 g/mol. The molecule has 0 aromatic heterocycles. The van der Waals surface area contributed by atoms with Gasteiger partial charge in [0.15, 0.2) is 6.61 Å². The standard InChI is InChI=1S/C22H27NO4/c1-14(2)20-11-10-19(12-16(20)5)26-13-21(24)23-18-8-6-17(7-9-18)22(25)27-15(3)4/h6-12,14-15H,13H2,1-5H3,(H,23,24). The third-order valence-corrected chi connectivity index (χ3v) is 3.98. The van der Waals surface area contributed by atoms with Gasteiger partial charge in [0.2, 0.25) is 0 Å². The molecule has 144 valence electrons. The average molecular weight is 369 g/mol. The Morgan fingerprint density at radius 1 is 1.00 bits per heavy atom. The summed E-state index contributed by atoms with van der Waals surface area (Å²) < 4.78 is 10.7. The number of esters is 1. The van der Waals surface area contributed by atoms with E-state index in [0.29, 0.717) is 22.9 Å². The van der Waals surface area contributed by atoms with Gasteiger partial charge in [-0.3, -0.25) is 4.79 Å². The van der Waals surface area contributed by atoms with Crippen LogP contribution in [0.1, 0.15) is 55.1 Å². The number of hydrogen-bond donors (Lipinski definition) is 1. The molecule has 0 spiro atoms. The van der Waals surface area contributed by atoms with E-state index in [9.17, 15) is 9.59 Å². The second kappa shape index (κ2) is 9.21. The number of nitrogens with one attached hydrogen (secondary N) is 1. The van der Waals surface area contributed by atoms with E-state index in [2.05, 4.69) is 19.2 Å². The molecule has 0 fully saturated rings. The Labute approximate surface area is 160 Å². The van der Waals surface area contributed by atoms with Crippen LogP contribution in [0.25, 0.3) is 0 Å². The highest BCUT2D eigenvalue weighted by molar-refractivity contribution is 5.93. The first-order valence-corrected chi connectivity index (χ1v) is 9.10. The van der Waals surface area contributed by atoms with Crippen LogP contribution < -0.4 is 10.1 Å². The number of ether oxygens (including phenoxy) is 2. The van der Waals surface area contributed by atoms with Gasteiger partial charge < -0.3 is 14.8 Å². The van der Waals surface area contributed by atoms with Gasteiger partial charge in [-0.05, 0) is 74.2 Å². The van der Waals surface area contributed by atoms with Crippen LogP contribution in [0, 0.1) is 6.92 Å². The van der Waals surface area contributed by atoms with Crippen LogP contribution in [0.2, 0.25) is 0 Å². The first kappa shape index (κ1) is 20.5. The number of hydrogen-bond acceptors (Lipinski definition) is 4. The van der Waals surface area contributed by atoms with Crippen molar-refractivity contribution >= 4 is 17.6 Å². The molecule has 0 bridgehead atoms. The van der Waals surface area contributed by atoms with Crippen molar-refractivity contribution in [2.75, 3.05) is 11.9 Å². The van der Waals surface area contributed by atoms with Crippen molar-refractivity contribution < 1.29 is 19.1 Å². The Hall–Kier alpha value is -2.82. The number of carbonyl (C=O) groups is 2. The molecule has 0 saturated carbocycles. The van der Waals surface area contributed by atoms with Crippen molar-refractivity contribution in [3.8, 4) is 5.75 Å². The minimum Gasteiger partial charge on any atom is -0.484 e. The summed E-state index contributed by atoms with van der Waals surface area (Å²) in [7, 11) is 0. The van der Waals surface area contributed by atoms with Gasteiger partial charge in [-0.1, -0.05) is 19.9 Å². The third kappa shape index (κ3) is 6.13. The van der Waals surface area contributed by atoms with E-state index < -0.39 is 0 Å². The van der Waals surface area contributed by atoms with Gasteiger partial charge in [0.25, 0.3) is 5.91 Å². The van der Waals surface area contributed by atoms with Gasteiger partial charge in [-0.25, -0.2) is 4.79 Å². The van der Waals surface area contributed by atoms with Crippen molar-refractivity contribution in [2.45, 2.75) is 46.6 Å². The zero-order chi connectivity index (χ0) is 20.0. The number of aryl methyl sites for hydroxylation is 1. The van der Waals surface area contributed by atoms with Crippen molar-refractivity contribution in [3.05, 3.63) is 59.2 Å². The molecular formula is C22H27NO4. The molecule has 2 aromatic rings. The van der Waals surface area contributed by atoms with E-state index in [0.717, 1.165) is 5.56 Å². The number of rotatable bonds is 7. The maximum absolute atomic E-state index is 12.1. The minimum absolute atomic E-state index is 0.0857. The Morgan fingerprint density at radius 3 is 2.22 bits per heavy atom. The molecule has 2 rings (SSSR count). The lowest BCUT2D eigenvalue weighted by Gasteiger charge is -2.12. The van der Waals surface area contributed by atoms with E-state index in [1.54, 1.807) is 38.1 Å². The Balaban J connectivity index is 1.88. The van der Waals surface area contributed by atoms with Gasteiger partial charge in [-0.15, -0.1) is 0 Å². The van der Waals surface area contributed by atoms with E-state index >= 15 is 0 Å². The molecule has 0 atom stereocenters. The molecule has 1 amide bonds. The molecule has 27 heavy (non-hydrogen) atoms. The molecule has 0 unspecified atom stereocenters. The molecule has 0 heterocycles. The van der Waals surface area contributed by atoms with Gasteiger partial charge in [0.05, 0.1) is 11.7 Å². The first-order chi connectivity index (χ1) is 12.8. The predicted molar refractivity (Wildman–Crippen MR) is 106 cm³/mol. The van der Waals surface area contributed by atoms with Crippen LogP contribution in [0.5, 0.6) is 5.75 Å². The fraction of sp³-hybridized carbons (Fsp3) is 0.364. The Bertz CT molecular complexity index is 794. The van der Waals surface area contributed by atoms with Gasteiger partial charge in [-0.2, -0.15) is 0 Å². The average Bonchev–Trinajstić information content (AvgIpc) is 2.59. The second-order valence-corrected chi connectivity index (χ2v) is 7.04. The van der Waals surface area contributed by atoms with E-state index in [1.807, 2.05) is 25.1 Å². The summed E-state index contributed by atoms with van der Waals surface area (Å²) in [5, 5.41) is 2.75. The summed E-state index contributed by atoms with van der Waals surface area (Å²) in [5.74, 6) is 0.464. The van der Waals surface area contributed by atoms with Crippen LogP contribution in [0.3, 0.4) is 0 Å². The maximum Gasteiger partial charge on any atom is 0.338 e. The number of amides is 1. The van der Waals surface area contributed by atoms with Crippen molar-refractivity contribution in [1.29, 1.82) is 0 Å².